The molecule has 1 aromatic heterocycles. The van der Waals surface area contributed by atoms with E-state index in [4.69, 9.17) is 4.74 Å². The smallest absolute Gasteiger partial charge is 0.274 e. The summed E-state index contributed by atoms with van der Waals surface area (Å²) in [5, 5.41) is 25.9. The maximum Gasteiger partial charge on any atom is 0.274 e. The minimum absolute atomic E-state index is 0.0194. The molecule has 0 atom stereocenters. The number of nitrogens with zero attached hydrogens (tertiary/aromatic N) is 3. The van der Waals surface area contributed by atoms with Crippen LogP contribution in [0.2, 0.25) is 0 Å². The molecule has 1 amide bonds. The number of nitrogens with one attached hydrogen (secondary N) is 1. The van der Waals surface area contributed by atoms with E-state index in [2.05, 4.69) is 15.5 Å². The molecule has 0 saturated carbocycles. The van der Waals surface area contributed by atoms with Crippen molar-refractivity contribution in [2.24, 2.45) is 5.10 Å². The van der Waals surface area contributed by atoms with E-state index in [0.29, 0.717) is 22.2 Å². The van der Waals surface area contributed by atoms with Crippen LogP contribution in [0.25, 0.3) is 22.2 Å². The Morgan fingerprint density at radius 3 is 2.58 bits per heavy atom. The van der Waals surface area contributed by atoms with Gasteiger partial charge < -0.3 is 9.84 Å². The summed E-state index contributed by atoms with van der Waals surface area (Å²) in [4.78, 5) is 28.1. The number of nitro groups is 1. The number of carbonyl (C=O) groups excluding carboxylic acids is 1. The third-order valence-corrected chi connectivity index (χ3v) is 4.92. The molecule has 4 aromatic rings. The van der Waals surface area contributed by atoms with Gasteiger partial charge in [0.05, 0.1) is 41.1 Å². The molecule has 0 radical (unpaired) electrons. The SMILES string of the molecule is COc1cc([N+](=O)[O-])cc(/C=N/NC(=O)c2cc(-c3ccccc3)nc3ccccc23)c1O. The number of aromatic nitrogens is 1. The van der Waals surface area contributed by atoms with Crippen LogP contribution in [0.4, 0.5) is 5.69 Å². The lowest BCUT2D eigenvalue weighted by atomic mass is 10.0. The molecule has 0 aliphatic carbocycles. The van der Waals surface area contributed by atoms with E-state index in [1.807, 2.05) is 42.5 Å². The summed E-state index contributed by atoms with van der Waals surface area (Å²) in [6, 6.07) is 20.6. The molecule has 33 heavy (non-hydrogen) atoms. The second kappa shape index (κ2) is 9.15. The zero-order chi connectivity index (χ0) is 23.4. The average molecular weight is 442 g/mol. The van der Waals surface area contributed by atoms with Gasteiger partial charge in [-0.25, -0.2) is 10.4 Å². The second-order valence-electron chi connectivity index (χ2n) is 6.98. The van der Waals surface area contributed by atoms with Crippen LogP contribution in [0, 0.1) is 10.1 Å². The molecule has 0 aliphatic rings. The summed E-state index contributed by atoms with van der Waals surface area (Å²) < 4.78 is 4.97. The molecule has 9 nitrogen and oxygen atoms in total. The molecule has 0 fully saturated rings. The molecule has 2 N–H and O–H groups in total. The fraction of sp³-hybridized carbons (Fsp3) is 0.0417. The Kier molecular flexibility index (Phi) is 5.94. The number of hydrogen-bond donors (Lipinski definition) is 2. The van der Waals surface area contributed by atoms with Crippen molar-refractivity contribution in [1.29, 1.82) is 0 Å². The second-order valence-corrected chi connectivity index (χ2v) is 6.98. The van der Waals surface area contributed by atoms with Crippen LogP contribution in [-0.4, -0.2) is 34.2 Å². The Bertz CT molecular complexity index is 1390. The van der Waals surface area contributed by atoms with E-state index in [1.54, 1.807) is 18.2 Å². The van der Waals surface area contributed by atoms with Crippen LogP contribution in [0.15, 0.2) is 77.9 Å². The molecule has 0 spiro atoms. The number of amides is 1. The summed E-state index contributed by atoms with van der Waals surface area (Å²) >= 11 is 0. The van der Waals surface area contributed by atoms with Gasteiger partial charge in [-0.1, -0.05) is 48.5 Å². The van der Waals surface area contributed by atoms with Gasteiger partial charge in [0, 0.05) is 22.6 Å². The maximum absolute atomic E-state index is 13.0. The minimum atomic E-state index is -0.619. The summed E-state index contributed by atoms with van der Waals surface area (Å²) in [6.07, 6.45) is 1.12. The lowest BCUT2D eigenvalue weighted by Crippen LogP contribution is -2.18. The van der Waals surface area contributed by atoms with Gasteiger partial charge in [0.25, 0.3) is 11.6 Å². The lowest BCUT2D eigenvalue weighted by Gasteiger charge is -2.09. The number of pyridine rings is 1. The number of non-ortho nitro benzene ring substituents is 1. The van der Waals surface area contributed by atoms with Crippen molar-refractivity contribution in [2.45, 2.75) is 0 Å². The minimum Gasteiger partial charge on any atom is -0.504 e. The standard InChI is InChI=1S/C24H18N4O5/c1-33-22-12-17(28(31)32)11-16(23(22)29)14-25-27-24(30)19-13-21(15-7-3-2-4-8-15)26-20-10-6-5-9-18(19)20/h2-14,29H,1H3,(H,27,30)/b25-14+. The number of methoxy groups -OCH3 is 1. The number of fused-ring (bicyclic) bond motifs is 1. The Morgan fingerprint density at radius 2 is 1.85 bits per heavy atom. The number of benzene rings is 3. The number of phenolic OH excluding ortho intramolecular Hbond substituents is 1. The van der Waals surface area contributed by atoms with Crippen molar-refractivity contribution < 1.29 is 19.6 Å². The quantitative estimate of drug-likeness (QED) is 0.261. The van der Waals surface area contributed by atoms with Crippen LogP contribution >= 0.6 is 0 Å². The first-order chi connectivity index (χ1) is 16.0. The summed E-state index contributed by atoms with van der Waals surface area (Å²) in [6.45, 7) is 0. The largest absolute Gasteiger partial charge is 0.504 e. The third-order valence-electron chi connectivity index (χ3n) is 4.92. The topological polar surface area (TPSA) is 127 Å². The molecule has 0 saturated heterocycles. The predicted molar refractivity (Wildman–Crippen MR) is 124 cm³/mol. The number of ether oxygens (including phenoxy) is 1. The monoisotopic (exact) mass is 442 g/mol. The van der Waals surface area contributed by atoms with E-state index >= 15 is 0 Å². The van der Waals surface area contributed by atoms with E-state index < -0.39 is 10.8 Å². The summed E-state index contributed by atoms with van der Waals surface area (Å²) in [5.41, 5.74) is 4.64. The molecule has 0 aliphatic heterocycles. The normalized spacial score (nSPS) is 10.9. The van der Waals surface area contributed by atoms with Gasteiger partial charge in [-0.15, -0.1) is 0 Å². The summed E-state index contributed by atoms with van der Waals surface area (Å²) in [5.74, 6) is -0.912. The number of rotatable bonds is 6. The molecule has 4 rings (SSSR count). The highest BCUT2D eigenvalue weighted by molar-refractivity contribution is 6.07. The van der Waals surface area contributed by atoms with Gasteiger partial charge in [-0.3, -0.25) is 14.9 Å². The third kappa shape index (κ3) is 4.47. The number of phenols is 1. The fourth-order valence-electron chi connectivity index (χ4n) is 3.31. The summed E-state index contributed by atoms with van der Waals surface area (Å²) in [7, 11) is 1.28. The molecule has 3 aromatic carbocycles. The number of para-hydroxylation sites is 1. The van der Waals surface area contributed by atoms with Gasteiger partial charge >= 0.3 is 0 Å². The molecule has 0 unspecified atom stereocenters. The van der Waals surface area contributed by atoms with Crippen LogP contribution < -0.4 is 10.2 Å². The molecule has 164 valence electrons. The first kappa shape index (κ1) is 21.4. The first-order valence-corrected chi connectivity index (χ1v) is 9.82. The van der Waals surface area contributed by atoms with Crippen LogP contribution in [0.3, 0.4) is 0 Å². The average Bonchev–Trinajstić information content (AvgIpc) is 2.84. The Hall–Kier alpha value is -4.79. The van der Waals surface area contributed by atoms with Crippen LogP contribution in [0.1, 0.15) is 15.9 Å². The molecule has 1 heterocycles. The number of hydrogen-bond acceptors (Lipinski definition) is 7. The highest BCUT2D eigenvalue weighted by atomic mass is 16.6. The van der Waals surface area contributed by atoms with Crippen molar-refractivity contribution >= 4 is 28.7 Å². The Balaban J connectivity index is 1.67. The van der Waals surface area contributed by atoms with Crippen molar-refractivity contribution in [3.63, 3.8) is 0 Å². The molecule has 0 bridgehead atoms. The van der Waals surface area contributed by atoms with Crippen molar-refractivity contribution in [1.82, 2.24) is 10.4 Å². The zero-order valence-corrected chi connectivity index (χ0v) is 17.4. The number of aromatic hydroxyl groups is 1. The van der Waals surface area contributed by atoms with E-state index in [1.165, 1.54) is 7.11 Å². The molecular formula is C24H18N4O5. The van der Waals surface area contributed by atoms with Gasteiger partial charge in [0.2, 0.25) is 0 Å². The molecular weight excluding hydrogens is 424 g/mol. The first-order valence-electron chi connectivity index (χ1n) is 9.82. The van der Waals surface area contributed by atoms with E-state index in [9.17, 15) is 20.0 Å². The Morgan fingerprint density at radius 1 is 1.12 bits per heavy atom. The number of carbonyl (C=O) groups is 1. The number of hydrazone groups is 1. The highest BCUT2D eigenvalue weighted by Crippen LogP contribution is 2.33. The van der Waals surface area contributed by atoms with Gasteiger partial charge in [-0.05, 0) is 12.1 Å². The van der Waals surface area contributed by atoms with Gasteiger partial charge in [-0.2, -0.15) is 5.10 Å². The van der Waals surface area contributed by atoms with Crippen molar-refractivity contribution in [2.75, 3.05) is 7.11 Å². The van der Waals surface area contributed by atoms with Gasteiger partial charge in [0.1, 0.15) is 0 Å². The van der Waals surface area contributed by atoms with Crippen molar-refractivity contribution in [3.05, 3.63) is 94.0 Å². The highest BCUT2D eigenvalue weighted by Gasteiger charge is 2.17. The molecule has 9 heteroatoms. The van der Waals surface area contributed by atoms with Crippen molar-refractivity contribution in [3.8, 4) is 22.8 Å². The van der Waals surface area contributed by atoms with E-state index in [0.717, 1.165) is 23.9 Å². The van der Waals surface area contributed by atoms with Gasteiger partial charge in [0.15, 0.2) is 11.5 Å². The lowest BCUT2D eigenvalue weighted by molar-refractivity contribution is -0.385. The maximum atomic E-state index is 13.0. The van der Waals surface area contributed by atoms with Crippen LogP contribution in [-0.2, 0) is 0 Å². The predicted octanol–water partition coefficient (Wildman–Crippen LogP) is 4.29. The van der Waals surface area contributed by atoms with E-state index in [-0.39, 0.29) is 22.7 Å². The Labute approximate surface area is 188 Å². The van der Waals surface area contributed by atoms with Crippen LogP contribution in [0.5, 0.6) is 11.5 Å². The zero-order valence-electron chi connectivity index (χ0n) is 17.4. The number of nitro benzene ring substituents is 1. The fourth-order valence-corrected chi connectivity index (χ4v) is 3.31.